The summed E-state index contributed by atoms with van der Waals surface area (Å²) in [7, 11) is 0. The number of nitrogens with zero attached hydrogens (tertiary/aromatic N) is 6. The first-order chi connectivity index (χ1) is 47.5. The zero-order chi connectivity index (χ0) is 74.0. The third-order valence-corrected chi connectivity index (χ3v) is 15.6. The highest BCUT2D eigenvalue weighted by atomic mass is 35.5. The highest BCUT2D eigenvalue weighted by molar-refractivity contribution is 6.33. The standard InChI is InChI=1S/C25H33ClN2O6.2C25H34N2O6/c1-16(2)28(17(3)4)22(31)15-34-27-18-11-9-7-5-6-8-10-12-33-25(32)23-19(13-18)24(26)21(30)14-20(23)29;2*1-17(2)27(18(3)4)23(30)16-33-26-20-11-9-7-5-6-8-10-12-32-25(31)24-19(13-20)14-21(28)15-22(24)29/h6,8-9,11,14,16-17,29-30H,5,7,10,12-13,15H2,1-4H3;2*6,8-9,11,14-15,17-18,28-29H,5,7,10,12-13,16H2,1-4H3/b8-6+,11-9+,27-18-;8-6+,11-9+,26-20+;8-6+,11-9+,26-20-. The van der Waals surface area contributed by atoms with Crippen LogP contribution in [-0.2, 0) is 62.4 Å². The summed E-state index contributed by atoms with van der Waals surface area (Å²) in [5, 5.41) is 73.3. The molecule has 0 saturated heterocycles. The van der Waals surface area contributed by atoms with Gasteiger partial charge in [0.15, 0.2) is 19.8 Å². The fourth-order valence-electron chi connectivity index (χ4n) is 11.2. The van der Waals surface area contributed by atoms with E-state index in [4.69, 9.17) is 40.3 Å². The van der Waals surface area contributed by atoms with Crippen molar-refractivity contribution in [2.45, 2.75) is 196 Å². The lowest BCUT2D eigenvalue weighted by Gasteiger charge is -2.30. The number of allylic oxidation sites excluding steroid dienone is 9. The van der Waals surface area contributed by atoms with Gasteiger partial charge in [0.25, 0.3) is 17.7 Å². The zero-order valence-electron chi connectivity index (χ0n) is 59.7. The summed E-state index contributed by atoms with van der Waals surface area (Å²) in [4.78, 5) is 96.8. The van der Waals surface area contributed by atoms with E-state index in [1.165, 1.54) is 12.1 Å². The molecular weight excluding hydrogens is 1310 g/mol. The molecule has 3 heterocycles. The number of oxime groups is 3. The van der Waals surface area contributed by atoms with Crippen LogP contribution < -0.4 is 0 Å². The molecule has 3 aromatic carbocycles. The number of hydrogen-bond acceptors (Lipinski definition) is 21. The van der Waals surface area contributed by atoms with Crippen LogP contribution in [-0.4, -0.2) is 174 Å². The van der Waals surface area contributed by atoms with Crippen LogP contribution in [0.4, 0.5) is 0 Å². The molecule has 3 aromatic rings. The number of aromatic hydroxyl groups is 6. The van der Waals surface area contributed by atoms with Crippen molar-refractivity contribution < 1.29 is 88.1 Å². The van der Waals surface area contributed by atoms with Crippen molar-refractivity contribution >= 4 is 64.4 Å². The van der Waals surface area contributed by atoms with Crippen LogP contribution in [0.15, 0.2) is 119 Å². The SMILES string of the molecule is CC(C)N(C(=O)CO/N=C1/C=C/CC/C=C/CCOC(=O)c2c(O)cc(O)c(Cl)c2C1)C(C)C.CC(C)N(C(=O)CO/N=C1/C=C/CC/C=C/CCOC(=O)c2c(O)cc(O)cc2C1)C(C)C.CC(C)N(C(=O)CO/N=C1\C=C\CC/C=C/CCOC(=O)c2c(O)cc(O)cc2C1)C(C)C. The molecule has 3 aliphatic heterocycles. The number of amides is 3. The van der Waals surface area contributed by atoms with Crippen LogP contribution in [0, 0.1) is 0 Å². The van der Waals surface area contributed by atoms with Crippen molar-refractivity contribution in [3.8, 4) is 34.5 Å². The third kappa shape index (κ3) is 27.6. The van der Waals surface area contributed by atoms with Crippen molar-refractivity contribution in [2.75, 3.05) is 39.6 Å². The molecule has 0 radical (unpaired) electrons. The van der Waals surface area contributed by atoms with Crippen LogP contribution >= 0.6 is 11.6 Å². The number of cyclic esters (lactones) is 3. The Hall–Kier alpha value is -9.58. The first-order valence-electron chi connectivity index (χ1n) is 33.8. The number of benzene rings is 3. The van der Waals surface area contributed by atoms with E-state index in [0.29, 0.717) is 47.5 Å². The Morgan fingerprint density at radius 3 is 1.00 bits per heavy atom. The van der Waals surface area contributed by atoms with Crippen molar-refractivity contribution in [2.24, 2.45) is 15.5 Å². The molecule has 24 nitrogen and oxygen atoms in total. The maximum absolute atomic E-state index is 12.7. The minimum Gasteiger partial charge on any atom is -0.508 e. The Labute approximate surface area is 592 Å². The molecule has 0 spiro atoms. The summed E-state index contributed by atoms with van der Waals surface area (Å²) in [6, 6.07) is 6.09. The van der Waals surface area contributed by atoms with Gasteiger partial charge in [-0.15, -0.1) is 0 Å². The van der Waals surface area contributed by atoms with E-state index in [9.17, 15) is 59.4 Å². The summed E-state index contributed by atoms with van der Waals surface area (Å²) in [5.74, 6) is -4.65. The predicted octanol–water partition coefficient (Wildman–Crippen LogP) is 13.0. The van der Waals surface area contributed by atoms with E-state index in [1.807, 2.05) is 138 Å². The molecule has 0 bridgehead atoms. The molecule has 3 amide bonds. The number of phenols is 6. The molecule has 3 aliphatic rings. The first kappa shape index (κ1) is 82.8. The molecule has 0 unspecified atom stereocenters. The number of carbonyl (C=O) groups excluding carboxylic acids is 6. The number of halogens is 1. The molecule has 0 atom stereocenters. The predicted molar refractivity (Wildman–Crippen MR) is 384 cm³/mol. The van der Waals surface area contributed by atoms with E-state index < -0.39 is 23.7 Å². The third-order valence-electron chi connectivity index (χ3n) is 15.2. The van der Waals surface area contributed by atoms with Gasteiger partial charge >= 0.3 is 17.9 Å². The number of carbonyl (C=O) groups is 6. The van der Waals surface area contributed by atoms with E-state index in [-0.39, 0.29) is 169 Å². The highest BCUT2D eigenvalue weighted by Gasteiger charge is 2.28. The summed E-state index contributed by atoms with van der Waals surface area (Å²) in [5.41, 5.74) is 1.85. The molecule has 0 fully saturated rings. The Morgan fingerprint density at radius 2 is 0.680 bits per heavy atom. The van der Waals surface area contributed by atoms with E-state index in [2.05, 4.69) is 15.5 Å². The van der Waals surface area contributed by atoms with Gasteiger partial charge in [0.05, 0.1) is 42.0 Å². The Morgan fingerprint density at radius 1 is 0.400 bits per heavy atom. The maximum atomic E-state index is 12.7. The van der Waals surface area contributed by atoms with Gasteiger partial charge < -0.3 is 74.1 Å². The number of phenolic OH excluding ortho intramolecular Hbond substituents is 6. The normalized spacial score (nSPS) is 18.3. The molecule has 100 heavy (non-hydrogen) atoms. The lowest BCUT2D eigenvalue weighted by Crippen LogP contribution is -2.43. The van der Waals surface area contributed by atoms with E-state index in [0.717, 1.165) is 56.7 Å². The fourth-order valence-corrected chi connectivity index (χ4v) is 11.4. The quantitative estimate of drug-likeness (QED) is 0.0356. The van der Waals surface area contributed by atoms with Crippen LogP contribution in [0.3, 0.4) is 0 Å². The van der Waals surface area contributed by atoms with Gasteiger partial charge in [-0.2, -0.15) is 0 Å². The second-order valence-corrected chi connectivity index (χ2v) is 25.6. The molecule has 0 aliphatic carbocycles. The summed E-state index contributed by atoms with van der Waals surface area (Å²) < 4.78 is 15.8. The van der Waals surface area contributed by atoms with Crippen molar-refractivity contribution in [3.63, 3.8) is 0 Å². The summed E-state index contributed by atoms with van der Waals surface area (Å²) in [6.45, 7) is 23.0. The van der Waals surface area contributed by atoms with Crippen molar-refractivity contribution in [1.29, 1.82) is 0 Å². The summed E-state index contributed by atoms with van der Waals surface area (Å²) >= 11 is 6.30. The molecule has 0 aromatic heterocycles. The number of rotatable bonds is 15. The summed E-state index contributed by atoms with van der Waals surface area (Å²) in [6.07, 6.45) is 29.2. The topological polar surface area (TPSA) is 326 Å². The molecule has 546 valence electrons. The lowest BCUT2D eigenvalue weighted by molar-refractivity contribution is -0.140. The minimum atomic E-state index is -0.760. The lowest BCUT2D eigenvalue weighted by atomic mass is 9.99. The van der Waals surface area contributed by atoms with Crippen molar-refractivity contribution in [3.05, 3.63) is 142 Å². The van der Waals surface area contributed by atoms with Crippen molar-refractivity contribution in [1.82, 2.24) is 14.7 Å². The van der Waals surface area contributed by atoms with Gasteiger partial charge in [-0.25, -0.2) is 14.4 Å². The number of ether oxygens (including phenoxy) is 3. The second kappa shape index (κ2) is 43.1. The molecule has 6 rings (SSSR count). The maximum Gasteiger partial charge on any atom is 0.342 e. The van der Waals surface area contributed by atoms with E-state index in [1.54, 1.807) is 32.9 Å². The van der Waals surface area contributed by atoms with Gasteiger partial charge in [-0.05, 0) is 188 Å². The van der Waals surface area contributed by atoms with Gasteiger partial charge in [0.2, 0.25) is 0 Å². The minimum absolute atomic E-state index is 0.00806. The van der Waals surface area contributed by atoms with E-state index >= 15 is 0 Å². The zero-order valence-corrected chi connectivity index (χ0v) is 60.4. The Kier molecular flexibility index (Phi) is 35.7. The molecular formula is C75H101ClN6O18. The van der Waals surface area contributed by atoms with Crippen LogP contribution in [0.2, 0.25) is 5.02 Å². The Bertz CT molecular complexity index is 3350. The fraction of sp³-hybridized carbons (Fsp3) is 0.480. The Balaban J connectivity index is 0.000000318. The first-order valence-corrected chi connectivity index (χ1v) is 34.2. The van der Waals surface area contributed by atoms with Gasteiger partial charge in [-0.3, -0.25) is 14.4 Å². The van der Waals surface area contributed by atoms with Crippen LogP contribution in [0.1, 0.15) is 189 Å². The molecule has 25 heteroatoms. The van der Waals surface area contributed by atoms with Crippen LogP contribution in [0.25, 0.3) is 0 Å². The second-order valence-electron chi connectivity index (χ2n) is 25.3. The average Bonchev–Trinajstić information content (AvgIpc) is 0.808. The van der Waals surface area contributed by atoms with Gasteiger partial charge in [-0.1, -0.05) is 81.8 Å². The van der Waals surface area contributed by atoms with Gasteiger partial charge in [0.1, 0.15) is 51.2 Å². The number of fused-ring (bicyclic) bond motifs is 3. The largest absolute Gasteiger partial charge is 0.508 e. The monoisotopic (exact) mass is 1410 g/mol. The highest BCUT2D eigenvalue weighted by Crippen LogP contribution is 2.38. The number of hydrogen-bond donors (Lipinski definition) is 6. The average molecular weight is 1410 g/mol. The molecule has 6 N–H and O–H groups in total. The smallest absolute Gasteiger partial charge is 0.342 e. The number of esters is 3. The van der Waals surface area contributed by atoms with Gasteiger partial charge in [0, 0.05) is 73.7 Å². The molecule has 0 saturated carbocycles. The van der Waals surface area contributed by atoms with Crippen LogP contribution in [0.5, 0.6) is 34.5 Å².